The van der Waals surface area contributed by atoms with Crippen molar-refractivity contribution in [3.05, 3.63) is 47.8 Å². The summed E-state index contributed by atoms with van der Waals surface area (Å²) < 4.78 is 34.7. The number of fused-ring (bicyclic) bond motifs is 1. The van der Waals surface area contributed by atoms with Gasteiger partial charge in [0.2, 0.25) is 5.92 Å². The van der Waals surface area contributed by atoms with E-state index >= 15 is 0 Å². The summed E-state index contributed by atoms with van der Waals surface area (Å²) in [6.45, 7) is 1.84. The van der Waals surface area contributed by atoms with Crippen LogP contribution in [0.2, 0.25) is 0 Å². The molecule has 2 fully saturated rings. The van der Waals surface area contributed by atoms with Gasteiger partial charge in [-0.15, -0.1) is 0 Å². The molecule has 32 heavy (non-hydrogen) atoms. The van der Waals surface area contributed by atoms with E-state index in [0.29, 0.717) is 30.1 Å². The maximum Gasteiger partial charge on any atom is 0.248 e. The van der Waals surface area contributed by atoms with Gasteiger partial charge in [-0.05, 0) is 73.9 Å². The van der Waals surface area contributed by atoms with E-state index in [9.17, 15) is 14.0 Å². The van der Waals surface area contributed by atoms with Crippen molar-refractivity contribution in [2.75, 3.05) is 0 Å². The molecule has 4 nitrogen and oxygen atoms in total. The number of aromatic nitrogens is 2. The summed E-state index contributed by atoms with van der Waals surface area (Å²) in [6, 6.07) is 10.1. The molecule has 2 saturated carbocycles. The van der Waals surface area contributed by atoms with E-state index in [-0.39, 0.29) is 18.9 Å². The molecule has 1 aromatic rings. The van der Waals surface area contributed by atoms with E-state index in [2.05, 4.69) is 17.1 Å². The van der Waals surface area contributed by atoms with E-state index in [1.54, 1.807) is 6.20 Å². The molecule has 0 atom stereocenters. The highest BCUT2D eigenvalue weighted by molar-refractivity contribution is 5.85. The standard InChI is InChI=1S/C26H30F2N2O2/c1-17-15-22(21-11-14-29-25(21)30(17)31)23-16-19(6-5-18-3-2-4-18)7-8-24(23)32-20-9-12-26(27,28)13-10-20/h7-8,11,14-16,18,20,31H,2-6,9-10,12-13H2,1H3. The number of benzene rings is 1. The number of rotatable bonds is 6. The number of hydrogen-bond acceptors (Lipinski definition) is 3. The summed E-state index contributed by atoms with van der Waals surface area (Å²) in [5, 5.41) is 10.4. The first kappa shape index (κ1) is 21.2. The van der Waals surface area contributed by atoms with Gasteiger partial charge in [0.05, 0.1) is 11.8 Å². The van der Waals surface area contributed by atoms with E-state index in [4.69, 9.17) is 4.74 Å². The van der Waals surface area contributed by atoms with Crippen molar-refractivity contribution in [1.29, 1.82) is 0 Å². The fourth-order valence-corrected chi connectivity index (χ4v) is 4.95. The van der Waals surface area contributed by atoms with E-state index in [1.165, 1.54) is 31.2 Å². The van der Waals surface area contributed by atoms with Crippen molar-refractivity contribution in [3.63, 3.8) is 0 Å². The number of ether oxygens (including phenoxy) is 1. The summed E-state index contributed by atoms with van der Waals surface area (Å²) in [5.74, 6) is -0.531. The summed E-state index contributed by atoms with van der Waals surface area (Å²) >= 11 is 0. The van der Waals surface area contributed by atoms with Crippen LogP contribution in [-0.2, 0) is 6.42 Å². The molecule has 0 aromatic heterocycles. The van der Waals surface area contributed by atoms with Crippen molar-refractivity contribution < 1.29 is 18.7 Å². The Balaban J connectivity index is 1.49. The Morgan fingerprint density at radius 1 is 1.06 bits per heavy atom. The maximum atomic E-state index is 13.6. The number of hydrogen-bond donors (Lipinski definition) is 1. The van der Waals surface area contributed by atoms with E-state index in [1.807, 2.05) is 25.1 Å². The predicted molar refractivity (Wildman–Crippen MR) is 120 cm³/mol. The fraction of sp³-hybridized carbons (Fsp3) is 0.500. The molecule has 2 heterocycles. The molecular formula is C26H30F2N2O2. The van der Waals surface area contributed by atoms with Gasteiger partial charge in [-0.2, -0.15) is 4.73 Å². The molecule has 0 spiro atoms. The molecular weight excluding hydrogens is 410 g/mol. The van der Waals surface area contributed by atoms with Crippen molar-refractivity contribution in [2.24, 2.45) is 5.92 Å². The zero-order valence-corrected chi connectivity index (χ0v) is 18.5. The second-order valence-electron chi connectivity index (χ2n) is 9.53. The van der Waals surface area contributed by atoms with Gasteiger partial charge in [-0.1, -0.05) is 25.3 Å². The number of nitrogens with zero attached hydrogens (tertiary/aromatic N) is 2. The van der Waals surface area contributed by atoms with Gasteiger partial charge in [0, 0.05) is 30.2 Å². The predicted octanol–water partition coefficient (Wildman–Crippen LogP) is 6.89. The monoisotopic (exact) mass is 440 g/mol. The third-order valence-electron chi connectivity index (χ3n) is 7.21. The van der Waals surface area contributed by atoms with E-state index < -0.39 is 5.92 Å². The van der Waals surface area contributed by atoms with Crippen molar-refractivity contribution in [3.8, 4) is 28.3 Å². The highest BCUT2D eigenvalue weighted by Gasteiger charge is 2.36. The van der Waals surface area contributed by atoms with Gasteiger partial charge in [0.15, 0.2) is 5.82 Å². The molecule has 1 aromatic carbocycles. The largest absolute Gasteiger partial charge is 0.490 e. The Morgan fingerprint density at radius 2 is 1.84 bits per heavy atom. The van der Waals surface area contributed by atoms with Crippen LogP contribution >= 0.6 is 0 Å². The molecule has 1 N–H and O–H groups in total. The maximum absolute atomic E-state index is 13.6. The van der Waals surface area contributed by atoms with Crippen molar-refractivity contribution in [2.45, 2.75) is 76.7 Å². The Hall–Kier alpha value is -2.63. The first-order valence-corrected chi connectivity index (χ1v) is 11.7. The van der Waals surface area contributed by atoms with Gasteiger partial charge in [0.25, 0.3) is 0 Å². The minimum absolute atomic E-state index is 0.127. The topological polar surface area (TPSA) is 47.3 Å². The van der Waals surface area contributed by atoms with Crippen LogP contribution in [0.1, 0.15) is 62.6 Å². The molecule has 2 aliphatic carbocycles. The summed E-state index contributed by atoms with van der Waals surface area (Å²) in [7, 11) is 0. The average Bonchev–Trinajstić information content (AvgIpc) is 3.22. The lowest BCUT2D eigenvalue weighted by Gasteiger charge is -2.30. The highest BCUT2D eigenvalue weighted by Crippen LogP contribution is 2.42. The molecule has 2 aliphatic heterocycles. The van der Waals surface area contributed by atoms with Gasteiger partial charge in [-0.3, -0.25) is 0 Å². The molecule has 0 radical (unpaired) electrons. The minimum Gasteiger partial charge on any atom is -0.490 e. The zero-order chi connectivity index (χ0) is 22.3. The van der Waals surface area contributed by atoms with Crippen LogP contribution in [0, 0.1) is 12.8 Å². The third-order valence-corrected chi connectivity index (χ3v) is 7.21. The van der Waals surface area contributed by atoms with Gasteiger partial charge >= 0.3 is 0 Å². The number of pyridine rings is 1. The lowest BCUT2D eigenvalue weighted by Crippen LogP contribution is -2.30. The van der Waals surface area contributed by atoms with Crippen LogP contribution in [0.25, 0.3) is 22.5 Å². The third kappa shape index (κ3) is 4.19. The highest BCUT2D eigenvalue weighted by atomic mass is 19.3. The summed E-state index contributed by atoms with van der Waals surface area (Å²) in [6.07, 6.45) is 8.13. The quantitative estimate of drug-likeness (QED) is 0.425. The molecule has 0 unspecified atom stereocenters. The summed E-state index contributed by atoms with van der Waals surface area (Å²) in [5.41, 5.74) is 4.65. The van der Waals surface area contributed by atoms with Gasteiger partial charge in [0.1, 0.15) is 5.75 Å². The van der Waals surface area contributed by atoms with Crippen LogP contribution < -0.4 is 4.74 Å². The van der Waals surface area contributed by atoms with Crippen LogP contribution in [-0.4, -0.2) is 26.9 Å². The van der Waals surface area contributed by atoms with Gasteiger partial charge < -0.3 is 9.94 Å². The number of alkyl halides is 2. The lowest BCUT2D eigenvalue weighted by molar-refractivity contribution is -0.0581. The van der Waals surface area contributed by atoms with Gasteiger partial charge in [-0.25, -0.2) is 13.8 Å². The van der Waals surface area contributed by atoms with Crippen molar-refractivity contribution in [1.82, 2.24) is 9.71 Å². The molecule has 0 bridgehead atoms. The lowest BCUT2D eigenvalue weighted by atomic mass is 9.81. The number of aryl methyl sites for hydroxylation is 2. The molecule has 5 rings (SSSR count). The molecule has 0 amide bonds. The number of halogens is 2. The Kier molecular flexibility index (Phi) is 5.56. The second kappa shape index (κ2) is 8.38. The van der Waals surface area contributed by atoms with Crippen LogP contribution in [0.4, 0.5) is 8.78 Å². The molecule has 170 valence electrons. The fourth-order valence-electron chi connectivity index (χ4n) is 4.95. The smallest absolute Gasteiger partial charge is 0.248 e. The first-order valence-electron chi connectivity index (χ1n) is 11.7. The van der Waals surface area contributed by atoms with E-state index in [0.717, 1.165) is 33.8 Å². The minimum atomic E-state index is -2.58. The zero-order valence-electron chi connectivity index (χ0n) is 18.5. The Morgan fingerprint density at radius 3 is 2.56 bits per heavy atom. The average molecular weight is 441 g/mol. The SMILES string of the molecule is Cc1cc(-c2cc(CCC3CCC3)ccc2OC2CCC(F)(F)CC2)c2ccnc-2n1O. The summed E-state index contributed by atoms with van der Waals surface area (Å²) in [4.78, 5) is 4.32. The molecule has 6 heteroatoms. The van der Waals surface area contributed by atoms with Crippen LogP contribution in [0.5, 0.6) is 5.75 Å². The van der Waals surface area contributed by atoms with Crippen LogP contribution in [0.15, 0.2) is 36.5 Å². The molecule has 4 aliphatic rings. The molecule has 0 saturated heterocycles. The van der Waals surface area contributed by atoms with Crippen LogP contribution in [0.3, 0.4) is 0 Å². The first-order chi connectivity index (χ1) is 15.4. The Bertz CT molecular complexity index is 1060. The second-order valence-corrected chi connectivity index (χ2v) is 9.53. The Labute approximate surface area is 187 Å². The normalized spacial score (nSPS) is 19.2. The van der Waals surface area contributed by atoms with Crippen molar-refractivity contribution >= 4 is 0 Å².